The summed E-state index contributed by atoms with van der Waals surface area (Å²) in [7, 11) is 0. The molecule has 3 aromatic carbocycles. The number of rotatable bonds is 10. The van der Waals surface area contributed by atoms with Crippen LogP contribution in [0.25, 0.3) is 11.1 Å². The lowest BCUT2D eigenvalue weighted by Gasteiger charge is -2.18. The van der Waals surface area contributed by atoms with Crippen LogP contribution in [0.15, 0.2) is 72.8 Å². The Bertz CT molecular complexity index is 989. The predicted octanol–water partition coefficient (Wildman–Crippen LogP) is 5.44. The Labute approximate surface area is 184 Å². The van der Waals surface area contributed by atoms with E-state index in [0.29, 0.717) is 13.2 Å². The third kappa shape index (κ3) is 6.09. The van der Waals surface area contributed by atoms with Gasteiger partial charge in [0.2, 0.25) is 5.91 Å². The van der Waals surface area contributed by atoms with E-state index in [0.717, 1.165) is 33.9 Å². The molecule has 0 heterocycles. The third-order valence-corrected chi connectivity index (χ3v) is 4.92. The first kappa shape index (κ1) is 22.4. The number of benzene rings is 3. The molecule has 0 saturated heterocycles. The van der Waals surface area contributed by atoms with Crippen LogP contribution < -0.4 is 20.1 Å². The van der Waals surface area contributed by atoms with Crippen LogP contribution in [0, 0.1) is 0 Å². The summed E-state index contributed by atoms with van der Waals surface area (Å²) in [4.78, 5) is 12.6. The average molecular weight is 419 g/mol. The molecule has 5 heteroatoms. The second-order valence-electron chi connectivity index (χ2n) is 7.13. The molecule has 31 heavy (non-hydrogen) atoms. The van der Waals surface area contributed by atoms with E-state index in [1.165, 1.54) is 0 Å². The highest BCUT2D eigenvalue weighted by atomic mass is 16.5. The highest BCUT2D eigenvalue weighted by Crippen LogP contribution is 2.31. The summed E-state index contributed by atoms with van der Waals surface area (Å²) >= 11 is 0. The third-order valence-electron chi connectivity index (χ3n) is 4.92. The largest absolute Gasteiger partial charge is 0.490 e. The molecule has 5 nitrogen and oxygen atoms in total. The summed E-state index contributed by atoms with van der Waals surface area (Å²) in [5.74, 6) is 1.36. The van der Waals surface area contributed by atoms with Gasteiger partial charge in [-0.3, -0.25) is 4.79 Å². The molecule has 0 unspecified atom stereocenters. The first-order valence-corrected chi connectivity index (χ1v) is 10.7. The van der Waals surface area contributed by atoms with Crippen LogP contribution in [0.2, 0.25) is 0 Å². The van der Waals surface area contributed by atoms with Gasteiger partial charge in [-0.15, -0.1) is 0 Å². The van der Waals surface area contributed by atoms with Crippen molar-refractivity contribution >= 4 is 11.6 Å². The quantitative estimate of drug-likeness (QED) is 0.460. The molecule has 0 fully saturated rings. The molecule has 3 rings (SSSR count). The van der Waals surface area contributed by atoms with E-state index in [1.807, 2.05) is 93.6 Å². The van der Waals surface area contributed by atoms with E-state index < -0.39 is 0 Å². The summed E-state index contributed by atoms with van der Waals surface area (Å²) in [6.07, 6.45) is 0. The minimum absolute atomic E-state index is 0.0231. The van der Waals surface area contributed by atoms with Crippen molar-refractivity contribution in [1.29, 1.82) is 0 Å². The van der Waals surface area contributed by atoms with Gasteiger partial charge in [0.1, 0.15) is 0 Å². The Morgan fingerprint density at radius 2 is 1.55 bits per heavy atom. The standard InChI is InChI=1S/C26H30N2O3/c1-4-30-24-16-15-21(17-25(24)31-5-2)19(3)27-18-26(29)28-23-14-10-9-13-22(23)20-11-7-6-8-12-20/h6-17,19,27H,4-5,18H2,1-3H3,(H,28,29)/t19-/m1/s1. The number of amides is 1. The highest BCUT2D eigenvalue weighted by molar-refractivity contribution is 5.96. The van der Waals surface area contributed by atoms with Gasteiger partial charge < -0.3 is 20.1 Å². The van der Waals surface area contributed by atoms with Gasteiger partial charge in [-0.05, 0) is 50.1 Å². The second-order valence-corrected chi connectivity index (χ2v) is 7.13. The van der Waals surface area contributed by atoms with Crippen molar-refractivity contribution < 1.29 is 14.3 Å². The molecule has 2 N–H and O–H groups in total. The molecule has 0 aromatic heterocycles. The first-order chi connectivity index (χ1) is 15.1. The molecule has 0 bridgehead atoms. The number of hydrogen-bond acceptors (Lipinski definition) is 4. The first-order valence-electron chi connectivity index (χ1n) is 10.7. The zero-order valence-corrected chi connectivity index (χ0v) is 18.4. The molecule has 1 atom stereocenters. The van der Waals surface area contributed by atoms with E-state index in [-0.39, 0.29) is 18.5 Å². The molecular weight excluding hydrogens is 388 g/mol. The van der Waals surface area contributed by atoms with E-state index in [4.69, 9.17) is 9.47 Å². The predicted molar refractivity (Wildman–Crippen MR) is 126 cm³/mol. The molecule has 0 aliphatic heterocycles. The van der Waals surface area contributed by atoms with Gasteiger partial charge in [0, 0.05) is 17.3 Å². The van der Waals surface area contributed by atoms with Gasteiger partial charge in [0.05, 0.1) is 19.8 Å². The smallest absolute Gasteiger partial charge is 0.238 e. The molecule has 0 radical (unpaired) electrons. The normalized spacial score (nSPS) is 11.6. The van der Waals surface area contributed by atoms with Gasteiger partial charge in [-0.2, -0.15) is 0 Å². The van der Waals surface area contributed by atoms with Crippen LogP contribution >= 0.6 is 0 Å². The van der Waals surface area contributed by atoms with Crippen LogP contribution in [-0.2, 0) is 4.79 Å². The molecule has 0 aliphatic carbocycles. The van der Waals surface area contributed by atoms with Crippen molar-refractivity contribution in [1.82, 2.24) is 5.32 Å². The van der Waals surface area contributed by atoms with Crippen molar-refractivity contribution in [2.75, 3.05) is 25.1 Å². The van der Waals surface area contributed by atoms with Crippen LogP contribution in [0.3, 0.4) is 0 Å². The lowest BCUT2D eigenvalue weighted by Crippen LogP contribution is -2.30. The minimum atomic E-state index is -0.0915. The number of hydrogen-bond donors (Lipinski definition) is 2. The van der Waals surface area contributed by atoms with Crippen molar-refractivity contribution in [3.63, 3.8) is 0 Å². The van der Waals surface area contributed by atoms with Crippen molar-refractivity contribution in [2.24, 2.45) is 0 Å². The van der Waals surface area contributed by atoms with Gasteiger partial charge in [-0.1, -0.05) is 54.6 Å². The zero-order chi connectivity index (χ0) is 22.1. The Hall–Kier alpha value is -3.31. The molecule has 0 aliphatic rings. The molecule has 1 amide bonds. The maximum Gasteiger partial charge on any atom is 0.238 e. The lowest BCUT2D eigenvalue weighted by molar-refractivity contribution is -0.115. The fourth-order valence-corrected chi connectivity index (χ4v) is 3.36. The van der Waals surface area contributed by atoms with Gasteiger partial charge in [0.25, 0.3) is 0 Å². The second kappa shape index (κ2) is 11.2. The molecule has 162 valence electrons. The summed E-state index contributed by atoms with van der Waals surface area (Å²) in [5.41, 5.74) is 3.90. The average Bonchev–Trinajstić information content (AvgIpc) is 2.80. The number of anilines is 1. The fourth-order valence-electron chi connectivity index (χ4n) is 3.36. The van der Waals surface area contributed by atoms with Gasteiger partial charge in [-0.25, -0.2) is 0 Å². The maximum atomic E-state index is 12.6. The van der Waals surface area contributed by atoms with E-state index in [9.17, 15) is 4.79 Å². The molecule has 0 saturated carbocycles. The van der Waals surface area contributed by atoms with Crippen LogP contribution in [0.5, 0.6) is 11.5 Å². The Morgan fingerprint density at radius 1 is 0.871 bits per heavy atom. The SMILES string of the molecule is CCOc1ccc([C@@H](C)NCC(=O)Nc2ccccc2-c2ccccc2)cc1OCC. The highest BCUT2D eigenvalue weighted by Gasteiger charge is 2.13. The number of para-hydroxylation sites is 1. The van der Waals surface area contributed by atoms with Crippen molar-refractivity contribution in [2.45, 2.75) is 26.8 Å². The summed E-state index contributed by atoms with van der Waals surface area (Å²) < 4.78 is 11.3. The Kier molecular flexibility index (Phi) is 8.07. The van der Waals surface area contributed by atoms with E-state index in [2.05, 4.69) is 10.6 Å². The zero-order valence-electron chi connectivity index (χ0n) is 18.4. The van der Waals surface area contributed by atoms with Crippen LogP contribution in [0.4, 0.5) is 5.69 Å². The maximum absolute atomic E-state index is 12.6. The topological polar surface area (TPSA) is 59.6 Å². The van der Waals surface area contributed by atoms with E-state index >= 15 is 0 Å². The Balaban J connectivity index is 1.63. The number of nitrogens with one attached hydrogen (secondary N) is 2. The summed E-state index contributed by atoms with van der Waals surface area (Å²) in [5, 5.41) is 6.32. The number of carbonyl (C=O) groups excluding carboxylic acids is 1. The van der Waals surface area contributed by atoms with Gasteiger partial charge in [0.15, 0.2) is 11.5 Å². The number of carbonyl (C=O) groups is 1. The molecule has 3 aromatic rings. The molecular formula is C26H30N2O3. The van der Waals surface area contributed by atoms with Crippen molar-refractivity contribution in [3.8, 4) is 22.6 Å². The number of ether oxygens (including phenoxy) is 2. The van der Waals surface area contributed by atoms with E-state index in [1.54, 1.807) is 0 Å². The summed E-state index contributed by atoms with van der Waals surface area (Å²) in [6, 6.07) is 23.7. The van der Waals surface area contributed by atoms with Crippen LogP contribution in [-0.4, -0.2) is 25.7 Å². The monoisotopic (exact) mass is 418 g/mol. The minimum Gasteiger partial charge on any atom is -0.490 e. The Morgan fingerprint density at radius 3 is 2.29 bits per heavy atom. The summed E-state index contributed by atoms with van der Waals surface area (Å²) in [6.45, 7) is 7.26. The fraction of sp³-hybridized carbons (Fsp3) is 0.269. The van der Waals surface area contributed by atoms with Crippen LogP contribution in [0.1, 0.15) is 32.4 Å². The van der Waals surface area contributed by atoms with Crippen molar-refractivity contribution in [3.05, 3.63) is 78.4 Å². The lowest BCUT2D eigenvalue weighted by atomic mass is 10.0. The molecule has 0 spiro atoms. The van der Waals surface area contributed by atoms with Gasteiger partial charge >= 0.3 is 0 Å².